The van der Waals surface area contributed by atoms with Gasteiger partial charge in [0.2, 0.25) is 5.76 Å². The third kappa shape index (κ3) is 4.94. The van der Waals surface area contributed by atoms with Crippen LogP contribution in [0.3, 0.4) is 0 Å². The average molecular weight is 420 g/mol. The molecule has 7 heteroatoms. The van der Waals surface area contributed by atoms with Gasteiger partial charge in [-0.2, -0.15) is 0 Å². The normalized spacial score (nSPS) is 13.8. The van der Waals surface area contributed by atoms with Crippen LogP contribution in [-0.4, -0.2) is 31.6 Å². The van der Waals surface area contributed by atoms with Gasteiger partial charge in [-0.05, 0) is 62.6 Å². The Kier molecular flexibility index (Phi) is 6.02. The first kappa shape index (κ1) is 20.7. The van der Waals surface area contributed by atoms with Crippen molar-refractivity contribution >= 4 is 34.2 Å². The zero-order valence-corrected chi connectivity index (χ0v) is 17.3. The summed E-state index contributed by atoms with van der Waals surface area (Å²) < 4.78 is 10.5. The maximum absolute atomic E-state index is 12.2. The first-order chi connectivity index (χ1) is 15.0. The summed E-state index contributed by atoms with van der Waals surface area (Å²) in [5.74, 6) is -1.58. The molecule has 1 aliphatic rings. The molecule has 4 rings (SSSR count). The number of anilines is 2. The molecule has 0 unspecified atom stereocenters. The highest BCUT2D eigenvalue weighted by Gasteiger charge is 2.16. The van der Waals surface area contributed by atoms with E-state index in [2.05, 4.69) is 10.2 Å². The highest BCUT2D eigenvalue weighted by Crippen LogP contribution is 2.22. The fourth-order valence-corrected chi connectivity index (χ4v) is 3.68. The van der Waals surface area contributed by atoms with Gasteiger partial charge in [-0.15, -0.1) is 0 Å². The SMILES string of the molecule is Cc1ccc2oc(C(=O)OCC(=O)Nc3ccc(N4CCCCC4)cc3)cc(=O)c2c1. The molecule has 160 valence electrons. The molecule has 1 amide bonds. The number of esters is 1. The van der Waals surface area contributed by atoms with Crippen molar-refractivity contribution in [3.05, 3.63) is 70.1 Å². The van der Waals surface area contributed by atoms with E-state index in [1.807, 2.05) is 31.2 Å². The van der Waals surface area contributed by atoms with Crippen molar-refractivity contribution in [1.29, 1.82) is 0 Å². The summed E-state index contributed by atoms with van der Waals surface area (Å²) in [5, 5.41) is 3.09. The van der Waals surface area contributed by atoms with E-state index in [0.29, 0.717) is 16.7 Å². The highest BCUT2D eigenvalue weighted by atomic mass is 16.5. The molecule has 2 aromatic carbocycles. The Hall–Kier alpha value is -3.61. The summed E-state index contributed by atoms with van der Waals surface area (Å²) in [4.78, 5) is 39.0. The van der Waals surface area contributed by atoms with E-state index < -0.39 is 18.5 Å². The topological polar surface area (TPSA) is 88.8 Å². The first-order valence-corrected chi connectivity index (χ1v) is 10.4. The lowest BCUT2D eigenvalue weighted by atomic mass is 10.1. The number of carbonyl (C=O) groups excluding carboxylic acids is 2. The predicted octanol–water partition coefficient (Wildman–Crippen LogP) is 3.89. The van der Waals surface area contributed by atoms with Crippen LogP contribution in [0.15, 0.2) is 57.7 Å². The predicted molar refractivity (Wildman–Crippen MR) is 119 cm³/mol. The fourth-order valence-electron chi connectivity index (χ4n) is 3.68. The number of hydrogen-bond acceptors (Lipinski definition) is 6. The third-order valence-electron chi connectivity index (χ3n) is 5.29. The molecule has 0 bridgehead atoms. The Labute approximate surface area is 179 Å². The summed E-state index contributed by atoms with van der Waals surface area (Å²) >= 11 is 0. The molecular weight excluding hydrogens is 396 g/mol. The van der Waals surface area contributed by atoms with E-state index in [0.717, 1.165) is 30.4 Å². The summed E-state index contributed by atoms with van der Waals surface area (Å²) in [6.45, 7) is 3.47. The van der Waals surface area contributed by atoms with E-state index in [-0.39, 0.29) is 11.2 Å². The number of aryl methyl sites for hydroxylation is 1. The van der Waals surface area contributed by atoms with Crippen molar-refractivity contribution in [2.45, 2.75) is 26.2 Å². The molecule has 1 fully saturated rings. The fraction of sp³-hybridized carbons (Fsp3) is 0.292. The number of fused-ring (bicyclic) bond motifs is 1. The van der Waals surface area contributed by atoms with Gasteiger partial charge in [-0.1, -0.05) is 11.6 Å². The number of nitrogens with zero attached hydrogens (tertiary/aromatic N) is 1. The molecule has 2 heterocycles. The number of hydrogen-bond donors (Lipinski definition) is 1. The molecule has 31 heavy (non-hydrogen) atoms. The molecule has 0 radical (unpaired) electrons. The lowest BCUT2D eigenvalue weighted by molar-refractivity contribution is -0.119. The van der Waals surface area contributed by atoms with Crippen LogP contribution in [0, 0.1) is 6.92 Å². The van der Waals surface area contributed by atoms with Gasteiger partial charge in [0.05, 0.1) is 5.39 Å². The maximum atomic E-state index is 12.2. The Morgan fingerprint density at radius 2 is 1.77 bits per heavy atom. The minimum atomic E-state index is -0.866. The second kappa shape index (κ2) is 9.04. The van der Waals surface area contributed by atoms with Gasteiger partial charge in [0, 0.05) is 30.5 Å². The molecule has 0 aliphatic carbocycles. The van der Waals surface area contributed by atoms with E-state index in [9.17, 15) is 14.4 Å². The van der Waals surface area contributed by atoms with Gasteiger partial charge < -0.3 is 19.4 Å². The average Bonchev–Trinajstić information content (AvgIpc) is 2.79. The largest absolute Gasteiger partial charge is 0.450 e. The standard InChI is InChI=1S/C24H24N2O5/c1-16-5-10-21-19(13-16)20(27)14-22(31-21)24(29)30-15-23(28)25-17-6-8-18(9-7-17)26-11-3-2-4-12-26/h5-10,13-14H,2-4,11-12,15H2,1H3,(H,25,28). The summed E-state index contributed by atoms with van der Waals surface area (Å²) in [5.41, 5.74) is 2.62. The minimum absolute atomic E-state index is 0.236. The lowest BCUT2D eigenvalue weighted by Crippen LogP contribution is -2.29. The molecule has 7 nitrogen and oxygen atoms in total. The number of amides is 1. The van der Waals surface area contributed by atoms with Gasteiger partial charge >= 0.3 is 5.97 Å². The minimum Gasteiger partial charge on any atom is -0.450 e. The van der Waals surface area contributed by atoms with Gasteiger partial charge in [0.1, 0.15) is 5.58 Å². The van der Waals surface area contributed by atoms with Crippen LogP contribution in [0.5, 0.6) is 0 Å². The molecule has 0 saturated carbocycles. The van der Waals surface area contributed by atoms with Crippen molar-refractivity contribution in [2.75, 3.05) is 29.9 Å². The highest BCUT2D eigenvalue weighted by molar-refractivity contribution is 5.95. The zero-order chi connectivity index (χ0) is 21.8. The quantitative estimate of drug-likeness (QED) is 0.630. The van der Waals surface area contributed by atoms with Crippen molar-refractivity contribution in [2.24, 2.45) is 0 Å². The van der Waals surface area contributed by atoms with Crippen molar-refractivity contribution in [3.63, 3.8) is 0 Å². The number of rotatable bonds is 5. The van der Waals surface area contributed by atoms with Crippen LogP contribution in [-0.2, 0) is 9.53 Å². The van der Waals surface area contributed by atoms with Gasteiger partial charge in [-0.3, -0.25) is 9.59 Å². The second-order valence-electron chi connectivity index (χ2n) is 7.69. The Bertz CT molecular complexity index is 1160. The van der Waals surface area contributed by atoms with Gasteiger partial charge in [0.25, 0.3) is 5.91 Å². The van der Waals surface area contributed by atoms with Crippen LogP contribution in [0.25, 0.3) is 11.0 Å². The number of ether oxygens (including phenoxy) is 1. The van der Waals surface area contributed by atoms with Crippen LogP contribution in [0.1, 0.15) is 35.4 Å². The van der Waals surface area contributed by atoms with Crippen LogP contribution < -0.4 is 15.6 Å². The Balaban J connectivity index is 1.34. The second-order valence-corrected chi connectivity index (χ2v) is 7.69. The summed E-state index contributed by atoms with van der Waals surface area (Å²) in [6, 6.07) is 13.8. The van der Waals surface area contributed by atoms with Crippen molar-refractivity contribution < 1.29 is 18.7 Å². The van der Waals surface area contributed by atoms with Gasteiger partial charge in [-0.25, -0.2) is 4.79 Å². The first-order valence-electron chi connectivity index (χ1n) is 10.4. The van der Waals surface area contributed by atoms with Crippen molar-refractivity contribution in [3.8, 4) is 0 Å². The van der Waals surface area contributed by atoms with E-state index in [1.165, 1.54) is 19.3 Å². The third-order valence-corrected chi connectivity index (χ3v) is 5.29. The molecule has 3 aromatic rings. The Morgan fingerprint density at radius 1 is 1.03 bits per heavy atom. The molecule has 1 N–H and O–H groups in total. The van der Waals surface area contributed by atoms with Crippen molar-refractivity contribution in [1.82, 2.24) is 0 Å². The molecule has 1 aliphatic heterocycles. The zero-order valence-electron chi connectivity index (χ0n) is 17.3. The monoisotopic (exact) mass is 420 g/mol. The number of carbonyl (C=O) groups is 2. The number of benzene rings is 2. The number of nitrogens with one attached hydrogen (secondary N) is 1. The van der Waals surface area contributed by atoms with E-state index in [1.54, 1.807) is 18.2 Å². The molecule has 1 saturated heterocycles. The smallest absolute Gasteiger partial charge is 0.374 e. The van der Waals surface area contributed by atoms with Crippen LogP contribution >= 0.6 is 0 Å². The molecule has 0 atom stereocenters. The van der Waals surface area contributed by atoms with Gasteiger partial charge in [0.15, 0.2) is 12.0 Å². The molecule has 0 spiro atoms. The Morgan fingerprint density at radius 3 is 2.52 bits per heavy atom. The van der Waals surface area contributed by atoms with E-state index in [4.69, 9.17) is 9.15 Å². The van der Waals surface area contributed by atoms with E-state index >= 15 is 0 Å². The number of piperidine rings is 1. The maximum Gasteiger partial charge on any atom is 0.374 e. The molecule has 1 aromatic heterocycles. The summed E-state index contributed by atoms with van der Waals surface area (Å²) in [6.07, 6.45) is 3.66. The summed E-state index contributed by atoms with van der Waals surface area (Å²) in [7, 11) is 0. The molecular formula is C24H24N2O5. The lowest BCUT2D eigenvalue weighted by Gasteiger charge is -2.28. The van der Waals surface area contributed by atoms with Crippen LogP contribution in [0.2, 0.25) is 0 Å². The van der Waals surface area contributed by atoms with Crippen LogP contribution in [0.4, 0.5) is 11.4 Å².